The molecule has 0 saturated carbocycles. The minimum absolute atomic E-state index is 0.181. The van der Waals surface area contributed by atoms with Crippen LogP contribution in [0.4, 0.5) is 0 Å². The van der Waals surface area contributed by atoms with E-state index in [-0.39, 0.29) is 11.7 Å². The molecule has 130 valence electrons. The number of carbonyl (C=O) groups is 1. The standard InChI is InChI=1S/C21H24N2OS/c1-4-25-21-16(12-22)19(15-10-8-14(9-11-15)13(2)3)20-17(23-21)6-5-7-18(20)24/h8-11,13,19,23H,4-7H2,1-3H3/t19-/m1/s1. The molecule has 1 aromatic rings. The summed E-state index contributed by atoms with van der Waals surface area (Å²) < 4.78 is 0. The molecule has 4 heteroatoms. The Morgan fingerprint density at radius 3 is 2.60 bits per heavy atom. The highest BCUT2D eigenvalue weighted by Crippen LogP contribution is 2.44. The molecule has 0 aromatic heterocycles. The van der Waals surface area contributed by atoms with Crippen molar-refractivity contribution in [2.24, 2.45) is 0 Å². The van der Waals surface area contributed by atoms with E-state index in [2.05, 4.69) is 56.4 Å². The molecular formula is C21H24N2OS. The Kier molecular flexibility index (Phi) is 5.34. The van der Waals surface area contributed by atoms with E-state index in [9.17, 15) is 10.1 Å². The highest BCUT2D eigenvalue weighted by Gasteiger charge is 2.36. The number of hydrogen-bond acceptors (Lipinski definition) is 4. The molecule has 3 nitrogen and oxygen atoms in total. The zero-order valence-corrected chi connectivity index (χ0v) is 15.9. The van der Waals surface area contributed by atoms with Gasteiger partial charge in [-0.2, -0.15) is 5.26 Å². The summed E-state index contributed by atoms with van der Waals surface area (Å²) in [6.07, 6.45) is 2.35. The predicted octanol–water partition coefficient (Wildman–Crippen LogP) is 4.99. The second-order valence-electron chi connectivity index (χ2n) is 6.84. The minimum Gasteiger partial charge on any atom is -0.352 e. The number of dihydropyridines is 1. The van der Waals surface area contributed by atoms with Crippen molar-refractivity contribution in [1.82, 2.24) is 5.32 Å². The lowest BCUT2D eigenvalue weighted by molar-refractivity contribution is -0.116. The summed E-state index contributed by atoms with van der Waals surface area (Å²) in [7, 11) is 0. The van der Waals surface area contributed by atoms with E-state index >= 15 is 0 Å². The normalized spacial score (nSPS) is 20.4. The molecule has 2 aliphatic rings. The van der Waals surface area contributed by atoms with Crippen LogP contribution in [0.3, 0.4) is 0 Å². The summed E-state index contributed by atoms with van der Waals surface area (Å²) in [4.78, 5) is 12.7. The van der Waals surface area contributed by atoms with Gasteiger partial charge in [-0.3, -0.25) is 4.79 Å². The highest BCUT2D eigenvalue weighted by molar-refractivity contribution is 8.03. The van der Waals surface area contributed by atoms with Crippen LogP contribution >= 0.6 is 11.8 Å². The van der Waals surface area contributed by atoms with Crippen molar-refractivity contribution >= 4 is 17.5 Å². The number of hydrogen-bond donors (Lipinski definition) is 1. The first-order valence-electron chi connectivity index (χ1n) is 8.97. The molecule has 1 atom stereocenters. The fourth-order valence-corrected chi connectivity index (χ4v) is 4.39. The third-order valence-electron chi connectivity index (χ3n) is 4.89. The number of Topliss-reactive ketones (excluding diaryl/α,β-unsaturated/α-hetero) is 1. The van der Waals surface area contributed by atoms with Gasteiger partial charge in [-0.15, -0.1) is 11.8 Å². The SMILES string of the molecule is CCSC1=C(C#N)[C@@H](c2ccc(C(C)C)cc2)C2=C(CCCC2=O)N1. The second-order valence-corrected chi connectivity index (χ2v) is 8.11. The molecule has 1 N–H and O–H groups in total. The molecule has 1 aromatic carbocycles. The maximum atomic E-state index is 12.7. The molecule has 1 heterocycles. The maximum absolute atomic E-state index is 12.7. The van der Waals surface area contributed by atoms with Crippen LogP contribution in [0.15, 0.2) is 46.1 Å². The first-order valence-corrected chi connectivity index (χ1v) is 9.95. The summed E-state index contributed by atoms with van der Waals surface area (Å²) in [6.45, 7) is 6.42. The molecule has 25 heavy (non-hydrogen) atoms. The molecular weight excluding hydrogens is 328 g/mol. The molecule has 1 aliphatic heterocycles. The van der Waals surface area contributed by atoms with Crippen molar-refractivity contribution in [2.75, 3.05) is 5.75 Å². The number of allylic oxidation sites excluding steroid dienone is 3. The first kappa shape index (κ1) is 17.8. The van der Waals surface area contributed by atoms with Gasteiger partial charge in [0, 0.05) is 17.7 Å². The van der Waals surface area contributed by atoms with Gasteiger partial charge in [-0.25, -0.2) is 0 Å². The Morgan fingerprint density at radius 1 is 1.28 bits per heavy atom. The zero-order valence-electron chi connectivity index (χ0n) is 15.1. The second kappa shape index (κ2) is 7.49. The van der Waals surface area contributed by atoms with Crippen LogP contribution in [0.1, 0.15) is 63.0 Å². The Balaban J connectivity index is 2.12. The van der Waals surface area contributed by atoms with Crippen molar-refractivity contribution in [3.05, 3.63) is 57.3 Å². The third-order valence-corrected chi connectivity index (χ3v) is 5.79. The van der Waals surface area contributed by atoms with Crippen LogP contribution in [0.5, 0.6) is 0 Å². The topological polar surface area (TPSA) is 52.9 Å². The van der Waals surface area contributed by atoms with Gasteiger partial charge in [-0.05, 0) is 35.6 Å². The molecule has 0 saturated heterocycles. The number of ketones is 1. The number of thioether (sulfide) groups is 1. The third kappa shape index (κ3) is 3.39. The fraction of sp³-hybridized carbons (Fsp3) is 0.429. The number of carbonyl (C=O) groups excluding carboxylic acids is 1. The van der Waals surface area contributed by atoms with Gasteiger partial charge in [0.15, 0.2) is 5.78 Å². The van der Waals surface area contributed by atoms with Crippen LogP contribution in [0.2, 0.25) is 0 Å². The number of benzene rings is 1. The number of nitriles is 1. The average Bonchev–Trinajstić information content (AvgIpc) is 2.61. The zero-order chi connectivity index (χ0) is 18.0. The van der Waals surface area contributed by atoms with Crippen LogP contribution in [-0.4, -0.2) is 11.5 Å². The van der Waals surface area contributed by atoms with Gasteiger partial charge in [-0.1, -0.05) is 45.0 Å². The monoisotopic (exact) mass is 352 g/mol. The van der Waals surface area contributed by atoms with Gasteiger partial charge < -0.3 is 5.32 Å². The Morgan fingerprint density at radius 2 is 2.00 bits per heavy atom. The molecule has 1 aliphatic carbocycles. The number of nitrogens with zero attached hydrogens (tertiary/aromatic N) is 1. The summed E-state index contributed by atoms with van der Waals surface area (Å²) >= 11 is 1.65. The van der Waals surface area contributed by atoms with Crippen LogP contribution in [0, 0.1) is 11.3 Å². The summed E-state index contributed by atoms with van der Waals surface area (Å²) in [5.41, 5.74) is 4.81. The van der Waals surface area contributed by atoms with Crippen LogP contribution in [0.25, 0.3) is 0 Å². The maximum Gasteiger partial charge on any atom is 0.161 e. The quantitative estimate of drug-likeness (QED) is 0.829. The molecule has 3 rings (SSSR count). The lowest BCUT2D eigenvalue weighted by Crippen LogP contribution is -2.31. The molecule has 0 radical (unpaired) electrons. The summed E-state index contributed by atoms with van der Waals surface area (Å²) in [6, 6.07) is 10.8. The van der Waals surface area contributed by atoms with Crippen LogP contribution in [-0.2, 0) is 4.79 Å². The fourth-order valence-electron chi connectivity index (χ4n) is 3.59. The van der Waals surface area contributed by atoms with Crippen molar-refractivity contribution in [1.29, 1.82) is 5.26 Å². The van der Waals surface area contributed by atoms with Crippen molar-refractivity contribution in [2.45, 2.75) is 51.9 Å². The van der Waals surface area contributed by atoms with E-state index in [1.54, 1.807) is 11.8 Å². The summed E-state index contributed by atoms with van der Waals surface area (Å²) in [5, 5.41) is 14.2. The van der Waals surface area contributed by atoms with E-state index in [1.807, 2.05) is 0 Å². The lowest BCUT2D eigenvalue weighted by Gasteiger charge is -2.33. The van der Waals surface area contributed by atoms with Crippen LogP contribution < -0.4 is 5.32 Å². The van der Waals surface area contributed by atoms with Gasteiger partial charge in [0.25, 0.3) is 0 Å². The Labute approximate surface area is 154 Å². The minimum atomic E-state index is -0.232. The van der Waals surface area contributed by atoms with Gasteiger partial charge in [0.2, 0.25) is 0 Å². The smallest absolute Gasteiger partial charge is 0.161 e. The van der Waals surface area contributed by atoms with E-state index in [4.69, 9.17) is 0 Å². The number of nitrogens with one attached hydrogen (secondary N) is 1. The molecule has 0 spiro atoms. The average molecular weight is 353 g/mol. The van der Waals surface area contributed by atoms with Crippen molar-refractivity contribution < 1.29 is 4.79 Å². The molecule has 0 amide bonds. The van der Waals surface area contributed by atoms with Gasteiger partial charge in [0.05, 0.1) is 22.6 Å². The van der Waals surface area contributed by atoms with Crippen molar-refractivity contribution in [3.63, 3.8) is 0 Å². The highest BCUT2D eigenvalue weighted by atomic mass is 32.2. The molecule has 0 unspecified atom stereocenters. The van der Waals surface area contributed by atoms with Crippen molar-refractivity contribution in [3.8, 4) is 6.07 Å². The number of rotatable bonds is 4. The lowest BCUT2D eigenvalue weighted by atomic mass is 9.76. The first-order chi connectivity index (χ1) is 12.1. The van der Waals surface area contributed by atoms with Gasteiger partial charge >= 0.3 is 0 Å². The molecule has 0 fully saturated rings. The predicted molar refractivity (Wildman–Crippen MR) is 103 cm³/mol. The van der Waals surface area contributed by atoms with E-state index < -0.39 is 0 Å². The Hall–Kier alpha value is -1.99. The largest absolute Gasteiger partial charge is 0.352 e. The van der Waals surface area contributed by atoms with Gasteiger partial charge in [0.1, 0.15) is 0 Å². The summed E-state index contributed by atoms with van der Waals surface area (Å²) in [5.74, 6) is 1.30. The van der Waals surface area contributed by atoms with E-state index in [0.29, 0.717) is 17.9 Å². The molecule has 0 bridgehead atoms. The van der Waals surface area contributed by atoms with E-state index in [1.165, 1.54) is 5.56 Å². The van der Waals surface area contributed by atoms with E-state index in [0.717, 1.165) is 40.5 Å². The Bertz CT molecular complexity index is 781.